The van der Waals surface area contributed by atoms with Gasteiger partial charge in [0.1, 0.15) is 5.82 Å². The van der Waals surface area contributed by atoms with Gasteiger partial charge in [0.2, 0.25) is 0 Å². The Labute approximate surface area is 127 Å². The number of likely N-dealkylation sites (N-methyl/N-ethyl adjacent to an activating group) is 1. The second-order valence-corrected chi connectivity index (χ2v) is 7.12. The van der Waals surface area contributed by atoms with Crippen molar-refractivity contribution in [2.24, 2.45) is 5.73 Å². The molecule has 1 aromatic carbocycles. The van der Waals surface area contributed by atoms with Crippen LogP contribution >= 0.6 is 0 Å². The second kappa shape index (κ2) is 6.03. The zero-order valence-corrected chi connectivity index (χ0v) is 13.7. The average molecular weight is 293 g/mol. The van der Waals surface area contributed by atoms with Crippen molar-refractivity contribution < 1.29 is 4.39 Å². The van der Waals surface area contributed by atoms with Crippen molar-refractivity contribution in [2.75, 3.05) is 33.2 Å². The molecular formula is C17H28FN3. The molecule has 1 unspecified atom stereocenters. The Bertz CT molecular complexity index is 489. The number of halogens is 1. The van der Waals surface area contributed by atoms with E-state index in [0.717, 1.165) is 25.2 Å². The minimum Gasteiger partial charge on any atom is -0.329 e. The number of hydrogen-bond donors (Lipinski definition) is 1. The van der Waals surface area contributed by atoms with Crippen molar-refractivity contribution in [3.63, 3.8) is 0 Å². The molecule has 0 bridgehead atoms. The van der Waals surface area contributed by atoms with Crippen molar-refractivity contribution in [1.82, 2.24) is 9.80 Å². The van der Waals surface area contributed by atoms with Crippen LogP contribution in [0.15, 0.2) is 24.3 Å². The van der Waals surface area contributed by atoms with E-state index in [1.807, 2.05) is 12.1 Å². The van der Waals surface area contributed by atoms with E-state index in [0.29, 0.717) is 13.0 Å². The molecule has 1 aliphatic heterocycles. The van der Waals surface area contributed by atoms with Crippen LogP contribution < -0.4 is 5.73 Å². The van der Waals surface area contributed by atoms with Gasteiger partial charge in [-0.25, -0.2) is 4.39 Å². The van der Waals surface area contributed by atoms with Crippen molar-refractivity contribution in [1.29, 1.82) is 0 Å². The van der Waals surface area contributed by atoms with E-state index >= 15 is 0 Å². The van der Waals surface area contributed by atoms with E-state index in [-0.39, 0.29) is 16.9 Å². The predicted molar refractivity (Wildman–Crippen MR) is 85.8 cm³/mol. The molecule has 1 fully saturated rings. The molecular weight excluding hydrogens is 265 g/mol. The molecule has 1 saturated heterocycles. The number of nitrogens with zero attached hydrogens (tertiary/aromatic N) is 2. The van der Waals surface area contributed by atoms with E-state index in [9.17, 15) is 4.39 Å². The van der Waals surface area contributed by atoms with Crippen LogP contribution in [0.2, 0.25) is 0 Å². The minimum atomic E-state index is -0.208. The maximum Gasteiger partial charge on any atom is 0.126 e. The van der Waals surface area contributed by atoms with Crippen LogP contribution in [0.1, 0.15) is 26.3 Å². The molecule has 118 valence electrons. The summed E-state index contributed by atoms with van der Waals surface area (Å²) in [7, 11) is 2.16. The lowest BCUT2D eigenvalue weighted by atomic mass is 9.87. The second-order valence-electron chi connectivity index (χ2n) is 7.12. The molecule has 21 heavy (non-hydrogen) atoms. The van der Waals surface area contributed by atoms with Crippen molar-refractivity contribution in [3.8, 4) is 0 Å². The van der Waals surface area contributed by atoms with Gasteiger partial charge in [0, 0.05) is 37.3 Å². The minimum absolute atomic E-state index is 0.115. The number of rotatable bonds is 4. The van der Waals surface area contributed by atoms with E-state index in [4.69, 9.17) is 5.73 Å². The smallest absolute Gasteiger partial charge is 0.126 e. The summed E-state index contributed by atoms with van der Waals surface area (Å²) >= 11 is 0. The Morgan fingerprint density at radius 1 is 1.29 bits per heavy atom. The van der Waals surface area contributed by atoms with Crippen LogP contribution in [0, 0.1) is 5.82 Å². The van der Waals surface area contributed by atoms with Gasteiger partial charge >= 0.3 is 0 Å². The standard InChI is InChI=1S/C17H28FN3/c1-16(2)13-21(10-9-20(16)4)17(3,12-19)11-14-7-5-6-8-15(14)18/h5-8H,9-13,19H2,1-4H3. The first-order valence-electron chi connectivity index (χ1n) is 7.68. The van der Waals surface area contributed by atoms with Crippen LogP contribution in [-0.2, 0) is 6.42 Å². The Morgan fingerprint density at radius 2 is 1.95 bits per heavy atom. The van der Waals surface area contributed by atoms with Gasteiger partial charge in [-0.2, -0.15) is 0 Å². The van der Waals surface area contributed by atoms with Gasteiger partial charge in [-0.1, -0.05) is 18.2 Å². The zero-order chi connectivity index (χ0) is 15.7. The first-order chi connectivity index (χ1) is 9.78. The van der Waals surface area contributed by atoms with E-state index in [2.05, 4.69) is 37.6 Å². The molecule has 2 N–H and O–H groups in total. The summed E-state index contributed by atoms with van der Waals surface area (Å²) in [5, 5.41) is 0. The topological polar surface area (TPSA) is 32.5 Å². The Morgan fingerprint density at radius 3 is 2.52 bits per heavy atom. The van der Waals surface area contributed by atoms with Crippen LogP contribution in [0.4, 0.5) is 4.39 Å². The molecule has 1 aromatic rings. The molecule has 0 saturated carbocycles. The van der Waals surface area contributed by atoms with Gasteiger partial charge in [0.25, 0.3) is 0 Å². The molecule has 2 rings (SSSR count). The maximum atomic E-state index is 14.0. The highest BCUT2D eigenvalue weighted by Gasteiger charge is 2.39. The number of piperazine rings is 1. The lowest BCUT2D eigenvalue weighted by molar-refractivity contribution is -0.0155. The van der Waals surface area contributed by atoms with Gasteiger partial charge in [0.15, 0.2) is 0 Å². The molecule has 1 heterocycles. The maximum absolute atomic E-state index is 14.0. The van der Waals surface area contributed by atoms with E-state index < -0.39 is 0 Å². The van der Waals surface area contributed by atoms with Gasteiger partial charge < -0.3 is 5.73 Å². The summed E-state index contributed by atoms with van der Waals surface area (Å²) < 4.78 is 14.0. The molecule has 0 aromatic heterocycles. The third-order valence-corrected chi connectivity index (χ3v) is 5.05. The highest BCUT2D eigenvalue weighted by Crippen LogP contribution is 2.28. The first-order valence-corrected chi connectivity index (χ1v) is 7.68. The molecule has 0 amide bonds. The van der Waals surface area contributed by atoms with Crippen molar-refractivity contribution in [2.45, 2.75) is 38.3 Å². The van der Waals surface area contributed by atoms with Gasteiger partial charge in [0.05, 0.1) is 0 Å². The molecule has 1 atom stereocenters. The first kappa shape index (κ1) is 16.4. The van der Waals surface area contributed by atoms with Crippen molar-refractivity contribution >= 4 is 0 Å². The summed E-state index contributed by atoms with van der Waals surface area (Å²) in [6.07, 6.45) is 0.649. The summed E-state index contributed by atoms with van der Waals surface area (Å²) in [6, 6.07) is 7.02. The SMILES string of the molecule is CN1CCN(C(C)(CN)Cc2ccccc2F)CC1(C)C. The summed E-state index contributed by atoms with van der Waals surface area (Å²) in [5.74, 6) is -0.134. The predicted octanol–water partition coefficient (Wildman–Crippen LogP) is 2.11. The molecule has 0 radical (unpaired) electrons. The summed E-state index contributed by atoms with van der Waals surface area (Å²) in [4.78, 5) is 4.81. The van der Waals surface area contributed by atoms with Crippen LogP contribution in [-0.4, -0.2) is 54.1 Å². The Kier molecular flexibility index (Phi) is 4.71. The zero-order valence-electron chi connectivity index (χ0n) is 13.7. The number of nitrogens with two attached hydrogens (primary N) is 1. The summed E-state index contributed by atoms with van der Waals surface area (Å²) in [5.41, 5.74) is 6.74. The lowest BCUT2D eigenvalue weighted by Crippen LogP contribution is -2.65. The van der Waals surface area contributed by atoms with Gasteiger partial charge in [-0.05, 0) is 45.9 Å². The Hall–Kier alpha value is -0.970. The van der Waals surface area contributed by atoms with Gasteiger partial charge in [-0.3, -0.25) is 9.80 Å². The fourth-order valence-corrected chi connectivity index (χ4v) is 3.07. The van der Waals surface area contributed by atoms with Crippen molar-refractivity contribution in [3.05, 3.63) is 35.6 Å². The number of benzene rings is 1. The van der Waals surface area contributed by atoms with Crippen LogP contribution in [0.5, 0.6) is 0 Å². The highest BCUT2D eigenvalue weighted by atomic mass is 19.1. The van der Waals surface area contributed by atoms with Gasteiger partial charge in [-0.15, -0.1) is 0 Å². The number of hydrogen-bond acceptors (Lipinski definition) is 3. The molecule has 0 aliphatic carbocycles. The quantitative estimate of drug-likeness (QED) is 0.923. The van der Waals surface area contributed by atoms with E-state index in [1.54, 1.807) is 6.07 Å². The van der Waals surface area contributed by atoms with Crippen LogP contribution in [0.25, 0.3) is 0 Å². The molecule has 4 heteroatoms. The Balaban J connectivity index is 2.19. The molecule has 1 aliphatic rings. The largest absolute Gasteiger partial charge is 0.329 e. The average Bonchev–Trinajstić information content (AvgIpc) is 2.44. The third kappa shape index (κ3) is 3.44. The fourth-order valence-electron chi connectivity index (χ4n) is 3.07. The highest BCUT2D eigenvalue weighted by molar-refractivity contribution is 5.20. The summed E-state index contributed by atoms with van der Waals surface area (Å²) in [6.45, 7) is 10.1. The monoisotopic (exact) mass is 293 g/mol. The fraction of sp³-hybridized carbons (Fsp3) is 0.647. The normalized spacial score (nSPS) is 23.0. The molecule has 0 spiro atoms. The van der Waals surface area contributed by atoms with E-state index in [1.165, 1.54) is 6.07 Å². The van der Waals surface area contributed by atoms with Crippen LogP contribution in [0.3, 0.4) is 0 Å². The molecule has 3 nitrogen and oxygen atoms in total. The third-order valence-electron chi connectivity index (χ3n) is 5.05. The lowest BCUT2D eigenvalue weighted by Gasteiger charge is -2.52.